The van der Waals surface area contributed by atoms with Crippen LogP contribution in [0, 0.1) is 6.92 Å². The SMILES string of the molecule is Cc1ccc(-c2cc3[n+]4c(c2)-c2ccccc2C4[n+]2ccccc2-c2cccc4c2C(OC3=O)[n+]2ccc3ccccc3c2-4)cc1. The van der Waals surface area contributed by atoms with Crippen molar-refractivity contribution in [1.82, 2.24) is 0 Å². The van der Waals surface area contributed by atoms with Crippen molar-refractivity contribution in [3.63, 3.8) is 0 Å². The van der Waals surface area contributed by atoms with Gasteiger partial charge in [-0.25, -0.2) is 4.79 Å². The third-order valence-corrected chi connectivity index (χ3v) is 9.85. The van der Waals surface area contributed by atoms with Crippen LogP contribution in [0.4, 0.5) is 0 Å². The summed E-state index contributed by atoms with van der Waals surface area (Å²) in [6.07, 6.45) is 3.29. The number of aryl methyl sites for hydroxylation is 1. The van der Waals surface area contributed by atoms with E-state index in [1.165, 1.54) is 5.56 Å². The first-order valence-electron chi connectivity index (χ1n) is 15.7. The van der Waals surface area contributed by atoms with Crippen LogP contribution >= 0.6 is 0 Å². The summed E-state index contributed by atoms with van der Waals surface area (Å²) in [7, 11) is 0. The Bertz CT molecular complexity index is 2450. The Morgan fingerprint density at radius 1 is 0.609 bits per heavy atom. The number of hydrogen-bond donors (Lipinski definition) is 0. The van der Waals surface area contributed by atoms with Gasteiger partial charge in [0.2, 0.25) is 17.1 Å². The molecule has 3 aliphatic rings. The van der Waals surface area contributed by atoms with Gasteiger partial charge in [0.15, 0.2) is 12.4 Å². The first-order chi connectivity index (χ1) is 22.7. The quantitative estimate of drug-likeness (QED) is 0.150. The van der Waals surface area contributed by atoms with E-state index in [2.05, 4.69) is 154 Å². The maximum Gasteiger partial charge on any atom is 0.409 e. The number of ether oxygens (including phenoxy) is 1. The second-order valence-corrected chi connectivity index (χ2v) is 12.4. The maximum absolute atomic E-state index is 14.8. The molecule has 0 bridgehead atoms. The zero-order chi connectivity index (χ0) is 30.5. The number of nitrogens with zero attached hydrogens (tertiary/aromatic N) is 3. The van der Waals surface area contributed by atoms with E-state index in [1.54, 1.807) is 0 Å². The van der Waals surface area contributed by atoms with Crippen LogP contribution in [0.15, 0.2) is 140 Å². The lowest BCUT2D eigenvalue weighted by molar-refractivity contribution is -0.921. The van der Waals surface area contributed by atoms with Gasteiger partial charge >= 0.3 is 18.4 Å². The van der Waals surface area contributed by atoms with Gasteiger partial charge in [0.25, 0.3) is 5.69 Å². The first kappa shape index (κ1) is 25.4. The summed E-state index contributed by atoms with van der Waals surface area (Å²) in [6.45, 7) is 2.09. The first-order valence-corrected chi connectivity index (χ1v) is 15.7. The summed E-state index contributed by atoms with van der Waals surface area (Å²) in [5.74, 6) is -0.354. The zero-order valence-corrected chi connectivity index (χ0v) is 25.1. The lowest BCUT2D eigenvalue weighted by Gasteiger charge is -2.17. The lowest BCUT2D eigenvalue weighted by Crippen LogP contribution is -2.60. The average Bonchev–Trinajstić information content (AvgIpc) is 3.61. The normalized spacial score (nSPS) is 16.6. The van der Waals surface area contributed by atoms with Crippen LogP contribution in [0.5, 0.6) is 0 Å². The van der Waals surface area contributed by atoms with E-state index in [9.17, 15) is 4.79 Å². The molecule has 3 aliphatic heterocycles. The van der Waals surface area contributed by atoms with Crippen LogP contribution in [0.2, 0.25) is 0 Å². The highest BCUT2D eigenvalue weighted by Gasteiger charge is 2.52. The van der Waals surface area contributed by atoms with Crippen LogP contribution in [0.3, 0.4) is 0 Å². The van der Waals surface area contributed by atoms with Gasteiger partial charge in [0, 0.05) is 30.3 Å². The van der Waals surface area contributed by atoms with E-state index in [4.69, 9.17) is 4.74 Å². The van der Waals surface area contributed by atoms with Crippen LogP contribution in [-0.4, -0.2) is 5.97 Å². The Morgan fingerprint density at radius 2 is 1.37 bits per heavy atom. The van der Waals surface area contributed by atoms with E-state index in [-0.39, 0.29) is 12.1 Å². The third-order valence-electron chi connectivity index (χ3n) is 9.85. The van der Waals surface area contributed by atoms with Crippen LogP contribution in [-0.2, 0) is 4.74 Å². The number of fused-ring (bicyclic) bond motifs is 11. The highest BCUT2D eigenvalue weighted by Crippen LogP contribution is 2.44. The van der Waals surface area contributed by atoms with Crippen LogP contribution in [0.1, 0.15) is 39.6 Å². The van der Waals surface area contributed by atoms with Crippen molar-refractivity contribution < 1.29 is 23.2 Å². The Labute approximate surface area is 265 Å². The standard InChI is InChI=1S/C41H28N3O2/c1-25-16-18-26(19-17-25)28-23-35-30-11-4-5-12-31(30)39-42-21-7-6-15-34(42)32-13-8-14-33-37(32)40(46-41(45)36(24-28)44(35)39)43-22-20-27-9-2-3-10-29(27)38(33)43/h2-24,39-40H,1H3/q+3. The number of benzene rings is 4. The molecule has 0 spiro atoms. The van der Waals surface area contributed by atoms with E-state index in [1.807, 2.05) is 6.07 Å². The molecule has 0 radical (unpaired) electrons. The largest absolute Gasteiger partial charge is 0.409 e. The van der Waals surface area contributed by atoms with Gasteiger partial charge in [-0.3, -0.25) is 0 Å². The monoisotopic (exact) mass is 594 g/mol. The fraction of sp³-hybridized carbons (Fsp3) is 0.0732. The molecule has 5 heteroatoms. The minimum atomic E-state index is -0.633. The van der Waals surface area contributed by atoms with Crippen molar-refractivity contribution in [1.29, 1.82) is 0 Å². The molecule has 7 aromatic rings. The Hall–Kier alpha value is -5.94. The highest BCUT2D eigenvalue weighted by molar-refractivity contribution is 5.96. The number of esters is 1. The van der Waals surface area contributed by atoms with Crippen molar-refractivity contribution in [2.45, 2.75) is 19.3 Å². The van der Waals surface area contributed by atoms with E-state index >= 15 is 0 Å². The molecular formula is C41H28N3O2+3. The smallest absolute Gasteiger partial charge is 0.390 e. The third kappa shape index (κ3) is 3.40. The van der Waals surface area contributed by atoms with E-state index in [0.29, 0.717) is 5.69 Å². The molecular weight excluding hydrogens is 566 g/mol. The summed E-state index contributed by atoms with van der Waals surface area (Å²) >= 11 is 0. The van der Waals surface area contributed by atoms with Gasteiger partial charge < -0.3 is 4.74 Å². The van der Waals surface area contributed by atoms with Crippen molar-refractivity contribution in [2.75, 3.05) is 0 Å². The van der Waals surface area contributed by atoms with Crippen LogP contribution in [0.25, 0.3) is 55.7 Å². The van der Waals surface area contributed by atoms with Gasteiger partial charge in [-0.1, -0.05) is 66.2 Å². The molecule has 2 atom stereocenters. The second-order valence-electron chi connectivity index (χ2n) is 12.4. The summed E-state index contributed by atoms with van der Waals surface area (Å²) in [5.41, 5.74) is 12.3. The highest BCUT2D eigenvalue weighted by atomic mass is 16.6. The van der Waals surface area contributed by atoms with Gasteiger partial charge in [0.05, 0.1) is 27.6 Å². The topological polar surface area (TPSA) is 37.9 Å². The minimum absolute atomic E-state index is 0.276. The summed E-state index contributed by atoms with van der Waals surface area (Å²) in [5, 5.41) is 2.28. The number of pyridine rings is 3. The molecule has 2 unspecified atom stereocenters. The molecule has 0 saturated carbocycles. The van der Waals surface area contributed by atoms with E-state index < -0.39 is 6.23 Å². The fourth-order valence-corrected chi connectivity index (χ4v) is 7.80. The summed E-state index contributed by atoms with van der Waals surface area (Å²) < 4.78 is 13.3. The molecule has 5 nitrogen and oxygen atoms in total. The minimum Gasteiger partial charge on any atom is -0.390 e. The van der Waals surface area contributed by atoms with Gasteiger partial charge in [0.1, 0.15) is 5.56 Å². The molecule has 4 aromatic carbocycles. The number of aromatic nitrogens is 3. The van der Waals surface area contributed by atoms with Gasteiger partial charge in [-0.15, -0.1) is 9.13 Å². The maximum atomic E-state index is 14.8. The molecule has 0 fully saturated rings. The molecule has 0 N–H and O–H groups in total. The van der Waals surface area contributed by atoms with Crippen molar-refractivity contribution in [2.24, 2.45) is 0 Å². The Morgan fingerprint density at radius 3 is 2.28 bits per heavy atom. The Kier molecular flexibility index (Phi) is 5.13. The predicted octanol–water partition coefficient (Wildman–Crippen LogP) is 7.12. The second kappa shape index (κ2) is 9.29. The Balaban J connectivity index is 1.32. The van der Waals surface area contributed by atoms with Gasteiger partial charge in [-0.05, 0) is 59.8 Å². The summed E-state index contributed by atoms with van der Waals surface area (Å²) in [6, 6.07) is 44.5. The number of rotatable bonds is 1. The van der Waals surface area contributed by atoms with E-state index in [0.717, 1.165) is 66.8 Å². The number of carbonyl (C=O) groups is 1. The number of hydrogen-bond acceptors (Lipinski definition) is 2. The molecule has 0 amide bonds. The average molecular weight is 595 g/mol. The fourth-order valence-electron chi connectivity index (χ4n) is 7.80. The molecule has 216 valence electrons. The summed E-state index contributed by atoms with van der Waals surface area (Å²) in [4.78, 5) is 14.8. The molecule has 10 rings (SSSR count). The van der Waals surface area contributed by atoms with Crippen LogP contribution < -0.4 is 13.7 Å². The van der Waals surface area contributed by atoms with Gasteiger partial charge in [-0.2, -0.15) is 4.57 Å². The van der Waals surface area contributed by atoms with Crippen molar-refractivity contribution in [3.8, 4) is 44.9 Å². The molecule has 0 aliphatic carbocycles. The predicted molar refractivity (Wildman–Crippen MR) is 175 cm³/mol. The molecule has 6 heterocycles. The van der Waals surface area contributed by atoms with Crippen molar-refractivity contribution in [3.05, 3.63) is 162 Å². The lowest BCUT2D eigenvalue weighted by atomic mass is 9.95. The molecule has 46 heavy (non-hydrogen) atoms. The number of carbonyl (C=O) groups excluding carboxylic acids is 1. The molecule has 0 saturated heterocycles. The molecule has 3 aromatic heterocycles. The zero-order valence-electron chi connectivity index (χ0n) is 25.1. The van der Waals surface area contributed by atoms with Crippen molar-refractivity contribution >= 4 is 16.7 Å².